The van der Waals surface area contributed by atoms with Gasteiger partial charge in [0.15, 0.2) is 0 Å². The third kappa shape index (κ3) is 4.27. The SMILES string of the molecule is COCCCN1C(=O)C(=O)/C(=C(\O)c2ccc(Cl)c(Cl)c2)C1c1ccc(O)c(Cl)c1. The lowest BCUT2D eigenvalue weighted by molar-refractivity contribution is -0.140. The standard InChI is InChI=1S/C21H18Cl3NO5/c1-30-8-2-7-25-18(11-4-6-16(26)15(24)9-11)17(20(28)21(25)29)19(27)12-3-5-13(22)14(23)10-12/h3-6,9-10,18,26-27H,2,7-8H2,1H3/b19-17-. The molecule has 2 N–H and O–H groups in total. The van der Waals surface area contributed by atoms with E-state index in [2.05, 4.69) is 0 Å². The number of carbonyl (C=O) groups is 2. The molecule has 30 heavy (non-hydrogen) atoms. The summed E-state index contributed by atoms with van der Waals surface area (Å²) in [5, 5.41) is 21.2. The van der Waals surface area contributed by atoms with Crippen LogP contribution in [-0.4, -0.2) is 47.1 Å². The van der Waals surface area contributed by atoms with Gasteiger partial charge in [-0.15, -0.1) is 0 Å². The number of aliphatic hydroxyl groups excluding tert-OH is 1. The van der Waals surface area contributed by atoms with Gasteiger partial charge in [0.1, 0.15) is 11.5 Å². The van der Waals surface area contributed by atoms with Gasteiger partial charge in [-0.05, 0) is 42.3 Å². The maximum absolute atomic E-state index is 12.9. The summed E-state index contributed by atoms with van der Waals surface area (Å²) >= 11 is 18.0. The van der Waals surface area contributed by atoms with E-state index in [-0.39, 0.29) is 44.3 Å². The molecule has 0 aliphatic carbocycles. The first kappa shape index (κ1) is 22.4. The number of methoxy groups -OCH3 is 1. The van der Waals surface area contributed by atoms with Crippen LogP contribution >= 0.6 is 34.8 Å². The Morgan fingerprint density at radius 1 is 1.07 bits per heavy atom. The third-order valence-electron chi connectivity index (χ3n) is 4.77. The van der Waals surface area contributed by atoms with E-state index in [0.717, 1.165) is 0 Å². The number of Topliss-reactive ketones (excluding diaryl/α,β-unsaturated/α-hetero) is 1. The summed E-state index contributed by atoms with van der Waals surface area (Å²) in [7, 11) is 1.54. The molecule has 0 aromatic heterocycles. The molecule has 2 aromatic rings. The second-order valence-corrected chi connectivity index (χ2v) is 7.90. The highest BCUT2D eigenvalue weighted by Gasteiger charge is 2.46. The molecule has 6 nitrogen and oxygen atoms in total. The molecule has 0 saturated carbocycles. The second kappa shape index (κ2) is 9.27. The molecular formula is C21H18Cl3NO5. The molecule has 0 bridgehead atoms. The summed E-state index contributed by atoms with van der Waals surface area (Å²) in [5.41, 5.74) is 0.614. The molecular weight excluding hydrogens is 453 g/mol. The Morgan fingerprint density at radius 2 is 1.80 bits per heavy atom. The van der Waals surface area contributed by atoms with Crippen LogP contribution in [-0.2, 0) is 14.3 Å². The van der Waals surface area contributed by atoms with E-state index in [1.165, 1.54) is 42.3 Å². The lowest BCUT2D eigenvalue weighted by atomic mass is 9.95. The molecule has 0 radical (unpaired) electrons. The molecule has 1 aliphatic heterocycles. The van der Waals surface area contributed by atoms with Gasteiger partial charge in [0.25, 0.3) is 11.7 Å². The second-order valence-electron chi connectivity index (χ2n) is 6.68. The summed E-state index contributed by atoms with van der Waals surface area (Å²) in [6.07, 6.45) is 0.485. The summed E-state index contributed by atoms with van der Waals surface area (Å²) < 4.78 is 5.04. The Morgan fingerprint density at radius 3 is 2.43 bits per heavy atom. The lowest BCUT2D eigenvalue weighted by Crippen LogP contribution is -2.31. The number of halogens is 3. The molecule has 2 aromatic carbocycles. The Kier molecular flexibility index (Phi) is 6.93. The normalized spacial score (nSPS) is 18.3. The van der Waals surface area contributed by atoms with E-state index >= 15 is 0 Å². The first-order chi connectivity index (χ1) is 14.3. The van der Waals surface area contributed by atoms with Crippen LogP contribution in [0.3, 0.4) is 0 Å². The zero-order chi connectivity index (χ0) is 22.0. The van der Waals surface area contributed by atoms with Crippen molar-refractivity contribution < 1.29 is 24.5 Å². The van der Waals surface area contributed by atoms with Crippen molar-refractivity contribution in [1.29, 1.82) is 0 Å². The van der Waals surface area contributed by atoms with Gasteiger partial charge in [-0.1, -0.05) is 40.9 Å². The van der Waals surface area contributed by atoms with Crippen molar-refractivity contribution >= 4 is 52.3 Å². The van der Waals surface area contributed by atoms with Crippen LogP contribution in [0.4, 0.5) is 0 Å². The average molecular weight is 471 g/mol. The molecule has 1 aliphatic rings. The zero-order valence-corrected chi connectivity index (χ0v) is 18.1. The van der Waals surface area contributed by atoms with Crippen LogP contribution < -0.4 is 0 Å². The van der Waals surface area contributed by atoms with Gasteiger partial charge >= 0.3 is 0 Å². The number of likely N-dealkylation sites (tertiary alicyclic amines) is 1. The molecule has 3 rings (SSSR count). The zero-order valence-electron chi connectivity index (χ0n) is 15.9. The monoisotopic (exact) mass is 469 g/mol. The van der Waals surface area contributed by atoms with E-state index in [1.54, 1.807) is 6.07 Å². The number of ether oxygens (including phenoxy) is 1. The summed E-state index contributed by atoms with van der Waals surface area (Å²) in [6, 6.07) is 7.88. The molecule has 1 unspecified atom stereocenters. The molecule has 1 amide bonds. The number of aliphatic hydroxyl groups is 1. The highest BCUT2D eigenvalue weighted by Crippen LogP contribution is 2.41. The van der Waals surface area contributed by atoms with Crippen LogP contribution in [0, 0.1) is 0 Å². The number of phenols is 1. The lowest BCUT2D eigenvalue weighted by Gasteiger charge is -2.25. The van der Waals surface area contributed by atoms with Crippen molar-refractivity contribution in [2.75, 3.05) is 20.3 Å². The quantitative estimate of drug-likeness (QED) is 0.274. The Labute approximate surface area is 188 Å². The van der Waals surface area contributed by atoms with Crippen LogP contribution in [0.25, 0.3) is 5.76 Å². The van der Waals surface area contributed by atoms with Crippen molar-refractivity contribution in [3.05, 3.63) is 68.2 Å². The topological polar surface area (TPSA) is 87.1 Å². The predicted molar refractivity (Wildman–Crippen MR) is 115 cm³/mol. The number of rotatable bonds is 6. The maximum Gasteiger partial charge on any atom is 0.295 e. The number of carbonyl (C=O) groups excluding carboxylic acids is 2. The average Bonchev–Trinajstić information content (AvgIpc) is 2.96. The van der Waals surface area contributed by atoms with Gasteiger partial charge in [0, 0.05) is 25.8 Å². The molecule has 1 atom stereocenters. The van der Waals surface area contributed by atoms with Crippen molar-refractivity contribution in [2.24, 2.45) is 0 Å². The highest BCUT2D eigenvalue weighted by atomic mass is 35.5. The fraction of sp³-hybridized carbons (Fsp3) is 0.238. The Hall–Kier alpha value is -2.25. The summed E-state index contributed by atoms with van der Waals surface area (Å²) in [4.78, 5) is 27.0. The molecule has 1 saturated heterocycles. The Bertz CT molecular complexity index is 1040. The van der Waals surface area contributed by atoms with Gasteiger partial charge in [-0.3, -0.25) is 9.59 Å². The fourth-order valence-electron chi connectivity index (χ4n) is 3.33. The van der Waals surface area contributed by atoms with Crippen molar-refractivity contribution in [3.63, 3.8) is 0 Å². The first-order valence-corrected chi connectivity index (χ1v) is 10.1. The van der Waals surface area contributed by atoms with Gasteiger partial charge < -0.3 is 19.8 Å². The number of amides is 1. The van der Waals surface area contributed by atoms with Crippen molar-refractivity contribution in [2.45, 2.75) is 12.5 Å². The Balaban J connectivity index is 2.16. The van der Waals surface area contributed by atoms with E-state index in [0.29, 0.717) is 18.6 Å². The minimum Gasteiger partial charge on any atom is -0.507 e. The van der Waals surface area contributed by atoms with Gasteiger partial charge in [-0.25, -0.2) is 0 Å². The van der Waals surface area contributed by atoms with Crippen molar-refractivity contribution in [3.8, 4) is 5.75 Å². The minimum absolute atomic E-state index is 0.0597. The van der Waals surface area contributed by atoms with Crippen LogP contribution in [0.15, 0.2) is 42.0 Å². The number of ketones is 1. The van der Waals surface area contributed by atoms with Gasteiger partial charge in [0.2, 0.25) is 0 Å². The molecule has 9 heteroatoms. The highest BCUT2D eigenvalue weighted by molar-refractivity contribution is 6.47. The van der Waals surface area contributed by atoms with E-state index in [9.17, 15) is 19.8 Å². The molecule has 158 valence electrons. The number of phenolic OH excluding ortho intramolecular Hbond substituents is 1. The first-order valence-electron chi connectivity index (χ1n) is 8.97. The molecule has 0 spiro atoms. The number of aromatic hydroxyl groups is 1. The van der Waals surface area contributed by atoms with E-state index in [4.69, 9.17) is 39.5 Å². The summed E-state index contributed by atoms with van der Waals surface area (Å²) in [6.45, 7) is 0.610. The largest absolute Gasteiger partial charge is 0.507 e. The minimum atomic E-state index is -0.894. The predicted octanol–water partition coefficient (Wildman–Crippen LogP) is 4.81. The van der Waals surface area contributed by atoms with Gasteiger partial charge in [-0.2, -0.15) is 0 Å². The van der Waals surface area contributed by atoms with Crippen LogP contribution in [0.1, 0.15) is 23.6 Å². The number of benzene rings is 2. The maximum atomic E-state index is 12.9. The van der Waals surface area contributed by atoms with Crippen molar-refractivity contribution in [1.82, 2.24) is 4.90 Å². The summed E-state index contributed by atoms with van der Waals surface area (Å²) in [5.74, 6) is -2.09. The van der Waals surface area contributed by atoms with Crippen LogP contribution in [0.2, 0.25) is 15.1 Å². The van der Waals surface area contributed by atoms with Gasteiger partial charge in [0.05, 0.1) is 26.7 Å². The number of hydrogen-bond acceptors (Lipinski definition) is 5. The smallest absolute Gasteiger partial charge is 0.295 e. The molecule has 1 heterocycles. The molecule has 1 fully saturated rings. The van der Waals surface area contributed by atoms with Crippen LogP contribution in [0.5, 0.6) is 5.75 Å². The fourth-order valence-corrected chi connectivity index (χ4v) is 3.82. The van der Waals surface area contributed by atoms with E-state index < -0.39 is 17.7 Å². The number of nitrogens with zero attached hydrogens (tertiary/aromatic N) is 1. The van der Waals surface area contributed by atoms with E-state index in [1.807, 2.05) is 0 Å². The third-order valence-corrected chi connectivity index (χ3v) is 5.81. The number of hydrogen-bond donors (Lipinski definition) is 2.